The Morgan fingerprint density at radius 3 is 2.44 bits per heavy atom. The third-order valence-corrected chi connectivity index (χ3v) is 2.39. The predicted octanol–water partition coefficient (Wildman–Crippen LogP) is 2.52. The minimum absolute atomic E-state index is 0.325. The van der Waals surface area contributed by atoms with Gasteiger partial charge in [0.15, 0.2) is 0 Å². The summed E-state index contributed by atoms with van der Waals surface area (Å²) in [6, 6.07) is 7.32. The SMILES string of the molecule is COC(=O)/C(Br)=C/Nc1ccc(OC)cc1. The lowest BCUT2D eigenvalue weighted by molar-refractivity contribution is -0.135. The lowest BCUT2D eigenvalue weighted by atomic mass is 10.3. The van der Waals surface area contributed by atoms with Crippen LogP contribution in [0.3, 0.4) is 0 Å². The lowest BCUT2D eigenvalue weighted by Crippen LogP contribution is -2.01. The van der Waals surface area contributed by atoms with Crippen molar-refractivity contribution in [2.45, 2.75) is 0 Å². The second kappa shape index (κ2) is 6.17. The maximum Gasteiger partial charge on any atom is 0.346 e. The average Bonchev–Trinajstić information content (AvgIpc) is 2.35. The standard InChI is InChI=1S/C11H12BrNO3/c1-15-9-5-3-8(4-6-9)13-7-10(12)11(14)16-2/h3-7,13H,1-2H3/b10-7-. The van der Waals surface area contributed by atoms with E-state index in [1.165, 1.54) is 13.3 Å². The van der Waals surface area contributed by atoms with Crippen LogP contribution in [-0.2, 0) is 9.53 Å². The summed E-state index contributed by atoms with van der Waals surface area (Å²) in [5.41, 5.74) is 0.849. The van der Waals surface area contributed by atoms with Crippen LogP contribution in [0, 0.1) is 0 Å². The van der Waals surface area contributed by atoms with Crippen molar-refractivity contribution < 1.29 is 14.3 Å². The highest BCUT2D eigenvalue weighted by molar-refractivity contribution is 9.12. The molecule has 1 rings (SSSR count). The van der Waals surface area contributed by atoms with Gasteiger partial charge in [0.05, 0.1) is 14.2 Å². The molecule has 1 aromatic rings. The fraction of sp³-hybridized carbons (Fsp3) is 0.182. The summed E-state index contributed by atoms with van der Waals surface area (Å²) in [5, 5.41) is 2.95. The molecule has 0 saturated heterocycles. The number of ether oxygens (including phenoxy) is 2. The molecule has 0 aromatic heterocycles. The normalized spacial score (nSPS) is 10.8. The van der Waals surface area contributed by atoms with Crippen molar-refractivity contribution in [3.63, 3.8) is 0 Å². The lowest BCUT2D eigenvalue weighted by Gasteiger charge is -2.03. The van der Waals surface area contributed by atoms with E-state index >= 15 is 0 Å². The number of methoxy groups -OCH3 is 2. The topological polar surface area (TPSA) is 47.6 Å². The zero-order valence-electron chi connectivity index (χ0n) is 8.99. The second-order valence-electron chi connectivity index (χ2n) is 2.86. The van der Waals surface area contributed by atoms with Gasteiger partial charge in [0.2, 0.25) is 0 Å². The maximum absolute atomic E-state index is 11.0. The van der Waals surface area contributed by atoms with Crippen LogP contribution in [0.5, 0.6) is 5.75 Å². The third kappa shape index (κ3) is 3.58. The molecule has 0 aliphatic carbocycles. The van der Waals surface area contributed by atoms with Crippen molar-refractivity contribution in [1.29, 1.82) is 0 Å². The van der Waals surface area contributed by atoms with E-state index in [-0.39, 0.29) is 0 Å². The van der Waals surface area contributed by atoms with Crippen LogP contribution in [0.4, 0.5) is 5.69 Å². The second-order valence-corrected chi connectivity index (χ2v) is 3.71. The summed E-state index contributed by atoms with van der Waals surface area (Å²) in [7, 11) is 2.93. The highest BCUT2D eigenvalue weighted by Crippen LogP contribution is 2.16. The van der Waals surface area contributed by atoms with Crippen molar-refractivity contribution in [3.05, 3.63) is 34.9 Å². The van der Waals surface area contributed by atoms with E-state index in [1.54, 1.807) is 7.11 Å². The monoisotopic (exact) mass is 285 g/mol. The molecule has 0 atom stereocenters. The number of hydrogen-bond acceptors (Lipinski definition) is 4. The van der Waals surface area contributed by atoms with Crippen LogP contribution in [0.1, 0.15) is 0 Å². The van der Waals surface area contributed by atoms with Crippen molar-refractivity contribution in [2.75, 3.05) is 19.5 Å². The van der Waals surface area contributed by atoms with Gasteiger partial charge in [-0.3, -0.25) is 0 Å². The molecule has 0 aliphatic heterocycles. The van der Waals surface area contributed by atoms with Crippen molar-refractivity contribution >= 4 is 27.6 Å². The molecule has 0 amide bonds. The number of halogens is 1. The van der Waals surface area contributed by atoms with E-state index in [4.69, 9.17) is 4.74 Å². The van der Waals surface area contributed by atoms with Crippen LogP contribution in [0.15, 0.2) is 34.9 Å². The van der Waals surface area contributed by atoms with Gasteiger partial charge in [0, 0.05) is 11.9 Å². The molecule has 0 radical (unpaired) electrons. The minimum Gasteiger partial charge on any atom is -0.497 e. The fourth-order valence-electron chi connectivity index (χ4n) is 0.990. The average molecular weight is 286 g/mol. The number of benzene rings is 1. The van der Waals surface area contributed by atoms with Crippen LogP contribution in [-0.4, -0.2) is 20.2 Å². The van der Waals surface area contributed by atoms with Crippen LogP contribution in [0.2, 0.25) is 0 Å². The van der Waals surface area contributed by atoms with Crippen molar-refractivity contribution in [1.82, 2.24) is 0 Å². The van der Waals surface area contributed by atoms with Gasteiger partial charge in [-0.1, -0.05) is 0 Å². The first-order valence-electron chi connectivity index (χ1n) is 4.52. The largest absolute Gasteiger partial charge is 0.497 e. The van der Waals surface area contributed by atoms with Crippen molar-refractivity contribution in [3.8, 4) is 5.75 Å². The van der Waals surface area contributed by atoms with Crippen LogP contribution < -0.4 is 10.1 Å². The smallest absolute Gasteiger partial charge is 0.346 e. The van der Waals surface area contributed by atoms with Gasteiger partial charge in [-0.05, 0) is 40.2 Å². The third-order valence-electron chi connectivity index (χ3n) is 1.84. The van der Waals surface area contributed by atoms with Gasteiger partial charge >= 0.3 is 5.97 Å². The van der Waals surface area contributed by atoms with E-state index in [0.29, 0.717) is 4.48 Å². The van der Waals surface area contributed by atoms with Gasteiger partial charge in [0.25, 0.3) is 0 Å². The van der Waals surface area contributed by atoms with E-state index in [9.17, 15) is 4.79 Å². The summed E-state index contributed by atoms with van der Waals surface area (Å²) in [4.78, 5) is 11.0. The van der Waals surface area contributed by atoms with E-state index in [2.05, 4.69) is 26.0 Å². The Balaban J connectivity index is 2.63. The maximum atomic E-state index is 11.0. The first-order valence-corrected chi connectivity index (χ1v) is 5.31. The molecule has 1 N–H and O–H groups in total. The molecule has 1 aromatic carbocycles. The highest BCUT2D eigenvalue weighted by atomic mass is 79.9. The summed E-state index contributed by atoms with van der Waals surface area (Å²) in [6.07, 6.45) is 1.52. The Labute approximate surface area is 102 Å². The quantitative estimate of drug-likeness (QED) is 0.682. The molecule has 0 unspecified atom stereocenters. The molecule has 0 spiro atoms. The highest BCUT2D eigenvalue weighted by Gasteiger charge is 2.03. The molecule has 16 heavy (non-hydrogen) atoms. The number of esters is 1. The van der Waals surface area contributed by atoms with E-state index in [1.807, 2.05) is 24.3 Å². The van der Waals surface area contributed by atoms with Gasteiger partial charge in [-0.25, -0.2) is 4.79 Å². The molecule has 4 nitrogen and oxygen atoms in total. The Morgan fingerprint density at radius 2 is 1.94 bits per heavy atom. The van der Waals surface area contributed by atoms with E-state index in [0.717, 1.165) is 11.4 Å². The van der Waals surface area contributed by atoms with Crippen LogP contribution >= 0.6 is 15.9 Å². The molecule has 5 heteroatoms. The Bertz CT molecular complexity index is 387. The summed E-state index contributed by atoms with van der Waals surface area (Å²) in [5.74, 6) is 0.350. The van der Waals surface area contributed by atoms with Crippen LogP contribution in [0.25, 0.3) is 0 Å². The molecule has 0 saturated carbocycles. The fourth-order valence-corrected chi connectivity index (χ4v) is 1.27. The molecule has 0 fully saturated rings. The molecular weight excluding hydrogens is 274 g/mol. The molecule has 0 aliphatic rings. The van der Waals surface area contributed by atoms with Gasteiger partial charge in [0.1, 0.15) is 10.2 Å². The Morgan fingerprint density at radius 1 is 1.31 bits per heavy atom. The van der Waals surface area contributed by atoms with Gasteiger partial charge < -0.3 is 14.8 Å². The molecule has 0 bridgehead atoms. The van der Waals surface area contributed by atoms with Gasteiger partial charge in [-0.2, -0.15) is 0 Å². The first-order chi connectivity index (χ1) is 7.67. The zero-order valence-corrected chi connectivity index (χ0v) is 10.6. The zero-order chi connectivity index (χ0) is 12.0. The predicted molar refractivity (Wildman–Crippen MR) is 65.6 cm³/mol. The molecule has 0 heterocycles. The number of rotatable bonds is 4. The first kappa shape index (κ1) is 12.6. The molecular formula is C11H12BrNO3. The number of carbonyl (C=O) groups is 1. The number of anilines is 1. The number of hydrogen-bond donors (Lipinski definition) is 1. The Kier molecular flexibility index (Phi) is 4.85. The number of nitrogens with one attached hydrogen (secondary N) is 1. The van der Waals surface area contributed by atoms with Crippen molar-refractivity contribution in [2.24, 2.45) is 0 Å². The number of carbonyl (C=O) groups excluding carboxylic acids is 1. The molecule has 86 valence electrons. The summed E-state index contributed by atoms with van der Waals surface area (Å²) < 4.78 is 9.87. The summed E-state index contributed by atoms with van der Waals surface area (Å²) >= 11 is 3.09. The van der Waals surface area contributed by atoms with Gasteiger partial charge in [-0.15, -0.1) is 0 Å². The van der Waals surface area contributed by atoms with E-state index < -0.39 is 5.97 Å². The Hall–Kier alpha value is -1.49. The summed E-state index contributed by atoms with van der Waals surface area (Å²) in [6.45, 7) is 0. The minimum atomic E-state index is -0.430.